The highest BCUT2D eigenvalue weighted by Crippen LogP contribution is 2.27. The monoisotopic (exact) mass is 244 g/mol. The van der Waals surface area contributed by atoms with Gasteiger partial charge in [-0.15, -0.1) is 0 Å². The van der Waals surface area contributed by atoms with Gasteiger partial charge in [0.1, 0.15) is 5.75 Å². The standard InChI is InChI=1S/C11H16O4S/c1-8-7-9(15-4)5-6-10(8)16(13,14)11(2,3)12/h5-7,12H,1-4H3. The number of hydrogen-bond acceptors (Lipinski definition) is 4. The van der Waals surface area contributed by atoms with Crippen molar-refractivity contribution in [1.82, 2.24) is 0 Å². The van der Waals surface area contributed by atoms with Crippen LogP contribution < -0.4 is 4.74 Å². The van der Waals surface area contributed by atoms with E-state index in [-0.39, 0.29) is 4.90 Å². The van der Waals surface area contributed by atoms with E-state index in [1.165, 1.54) is 27.0 Å². The Bertz CT molecular complexity index is 483. The van der Waals surface area contributed by atoms with E-state index in [0.29, 0.717) is 11.3 Å². The van der Waals surface area contributed by atoms with Crippen LogP contribution in [0.15, 0.2) is 23.1 Å². The van der Waals surface area contributed by atoms with E-state index in [4.69, 9.17) is 4.74 Å². The molecule has 0 radical (unpaired) electrons. The van der Waals surface area contributed by atoms with Crippen molar-refractivity contribution < 1.29 is 18.3 Å². The van der Waals surface area contributed by atoms with Crippen molar-refractivity contribution in [2.75, 3.05) is 7.11 Å². The molecule has 0 fully saturated rings. The Balaban J connectivity index is 3.36. The highest BCUT2D eigenvalue weighted by molar-refractivity contribution is 7.92. The molecule has 0 unspecified atom stereocenters. The number of hydrogen-bond donors (Lipinski definition) is 1. The molecule has 0 aliphatic heterocycles. The topological polar surface area (TPSA) is 63.6 Å². The first-order valence-electron chi connectivity index (χ1n) is 4.82. The van der Waals surface area contributed by atoms with E-state index in [0.717, 1.165) is 0 Å². The zero-order valence-corrected chi connectivity index (χ0v) is 10.6. The van der Waals surface area contributed by atoms with Crippen LogP contribution in [-0.2, 0) is 9.84 Å². The van der Waals surface area contributed by atoms with Crippen LogP contribution in [0.25, 0.3) is 0 Å². The van der Waals surface area contributed by atoms with E-state index < -0.39 is 14.8 Å². The van der Waals surface area contributed by atoms with Crippen LogP contribution in [0.4, 0.5) is 0 Å². The average molecular weight is 244 g/mol. The largest absolute Gasteiger partial charge is 0.497 e. The van der Waals surface area contributed by atoms with Crippen molar-refractivity contribution >= 4 is 9.84 Å². The minimum Gasteiger partial charge on any atom is -0.497 e. The highest BCUT2D eigenvalue weighted by atomic mass is 32.2. The smallest absolute Gasteiger partial charge is 0.207 e. The summed E-state index contributed by atoms with van der Waals surface area (Å²) in [5.41, 5.74) is 0.557. The van der Waals surface area contributed by atoms with Gasteiger partial charge < -0.3 is 9.84 Å². The molecule has 1 aromatic carbocycles. The molecule has 1 rings (SSSR count). The van der Waals surface area contributed by atoms with E-state index in [9.17, 15) is 13.5 Å². The fourth-order valence-corrected chi connectivity index (χ4v) is 2.59. The van der Waals surface area contributed by atoms with Gasteiger partial charge in [0.15, 0.2) is 4.93 Å². The lowest BCUT2D eigenvalue weighted by molar-refractivity contribution is 0.165. The van der Waals surface area contributed by atoms with Gasteiger partial charge in [0.25, 0.3) is 0 Å². The third-order valence-corrected chi connectivity index (χ3v) is 4.68. The SMILES string of the molecule is COc1ccc(S(=O)(=O)C(C)(C)O)c(C)c1. The lowest BCUT2D eigenvalue weighted by Gasteiger charge is -2.19. The van der Waals surface area contributed by atoms with Crippen LogP contribution in [0.2, 0.25) is 0 Å². The first-order chi connectivity index (χ1) is 7.20. The molecule has 0 amide bonds. The van der Waals surface area contributed by atoms with Crippen molar-refractivity contribution in [3.05, 3.63) is 23.8 Å². The van der Waals surface area contributed by atoms with Gasteiger partial charge in [-0.05, 0) is 44.5 Å². The van der Waals surface area contributed by atoms with Crippen LogP contribution in [0, 0.1) is 6.92 Å². The Kier molecular flexibility index (Phi) is 3.30. The van der Waals surface area contributed by atoms with Gasteiger partial charge in [-0.1, -0.05) is 0 Å². The van der Waals surface area contributed by atoms with Gasteiger partial charge in [0.05, 0.1) is 12.0 Å². The fraction of sp³-hybridized carbons (Fsp3) is 0.455. The van der Waals surface area contributed by atoms with Crippen LogP contribution in [0.1, 0.15) is 19.4 Å². The molecule has 5 heteroatoms. The molecular formula is C11H16O4S. The molecule has 0 saturated carbocycles. The van der Waals surface area contributed by atoms with Crippen molar-refractivity contribution in [2.24, 2.45) is 0 Å². The van der Waals surface area contributed by atoms with E-state index >= 15 is 0 Å². The molecule has 4 nitrogen and oxygen atoms in total. The summed E-state index contributed by atoms with van der Waals surface area (Å²) >= 11 is 0. The molecule has 0 heterocycles. The van der Waals surface area contributed by atoms with Crippen LogP contribution in [-0.4, -0.2) is 25.6 Å². The summed E-state index contributed by atoms with van der Waals surface area (Å²) in [5, 5.41) is 9.63. The second-order valence-electron chi connectivity index (χ2n) is 4.08. The van der Waals surface area contributed by atoms with Crippen molar-refractivity contribution in [2.45, 2.75) is 30.6 Å². The third kappa shape index (κ3) is 2.20. The maximum absolute atomic E-state index is 12.0. The van der Waals surface area contributed by atoms with Crippen LogP contribution in [0.5, 0.6) is 5.75 Å². The molecule has 0 aliphatic carbocycles. The van der Waals surface area contributed by atoms with E-state index in [2.05, 4.69) is 0 Å². The van der Waals surface area contributed by atoms with Crippen molar-refractivity contribution in [3.8, 4) is 5.75 Å². The number of rotatable bonds is 3. The first kappa shape index (κ1) is 13.0. The number of ether oxygens (including phenoxy) is 1. The average Bonchev–Trinajstić information content (AvgIpc) is 2.15. The first-order valence-corrected chi connectivity index (χ1v) is 6.30. The van der Waals surface area contributed by atoms with Crippen molar-refractivity contribution in [1.29, 1.82) is 0 Å². The lowest BCUT2D eigenvalue weighted by Crippen LogP contribution is -2.31. The summed E-state index contributed by atoms with van der Waals surface area (Å²) in [5.74, 6) is 0.590. The molecule has 0 atom stereocenters. The van der Waals surface area contributed by atoms with Crippen molar-refractivity contribution in [3.63, 3.8) is 0 Å². The number of methoxy groups -OCH3 is 1. The molecule has 0 bridgehead atoms. The second-order valence-corrected chi connectivity index (χ2v) is 6.53. The third-order valence-electron chi connectivity index (χ3n) is 2.33. The Hall–Kier alpha value is -1.07. The quantitative estimate of drug-likeness (QED) is 0.875. The van der Waals surface area contributed by atoms with Gasteiger partial charge >= 0.3 is 0 Å². The number of benzene rings is 1. The Morgan fingerprint density at radius 3 is 2.25 bits per heavy atom. The van der Waals surface area contributed by atoms with Gasteiger partial charge in [-0.25, -0.2) is 8.42 Å². The van der Waals surface area contributed by atoms with Crippen LogP contribution in [0.3, 0.4) is 0 Å². The molecule has 0 aromatic heterocycles. The summed E-state index contributed by atoms with van der Waals surface area (Å²) in [6, 6.07) is 4.63. The summed E-state index contributed by atoms with van der Waals surface area (Å²) < 4.78 is 29.0. The number of aryl methyl sites for hydroxylation is 1. The fourth-order valence-electron chi connectivity index (χ4n) is 1.32. The molecule has 16 heavy (non-hydrogen) atoms. The summed E-state index contributed by atoms with van der Waals surface area (Å²) in [7, 11) is -2.22. The van der Waals surface area contributed by atoms with E-state index in [1.807, 2.05) is 0 Å². The Morgan fingerprint density at radius 2 is 1.88 bits per heavy atom. The molecule has 0 aliphatic rings. The number of aliphatic hydroxyl groups is 1. The normalized spacial score (nSPS) is 12.6. The predicted molar refractivity (Wildman–Crippen MR) is 61.2 cm³/mol. The highest BCUT2D eigenvalue weighted by Gasteiger charge is 2.34. The van der Waals surface area contributed by atoms with Gasteiger partial charge in [0, 0.05) is 0 Å². The van der Waals surface area contributed by atoms with E-state index in [1.54, 1.807) is 19.1 Å². The summed E-state index contributed by atoms with van der Waals surface area (Å²) in [6.07, 6.45) is 0. The Labute approximate surface area is 95.8 Å². The van der Waals surface area contributed by atoms with Crippen LogP contribution >= 0.6 is 0 Å². The molecule has 0 spiro atoms. The summed E-state index contributed by atoms with van der Waals surface area (Å²) in [6.45, 7) is 4.18. The maximum Gasteiger partial charge on any atom is 0.207 e. The molecule has 1 N–H and O–H groups in total. The van der Waals surface area contributed by atoms with Gasteiger partial charge in [-0.3, -0.25) is 0 Å². The molecule has 90 valence electrons. The predicted octanol–water partition coefficient (Wildman–Crippen LogP) is 1.51. The zero-order chi connectivity index (χ0) is 12.6. The molecular weight excluding hydrogens is 228 g/mol. The second kappa shape index (κ2) is 4.07. The van der Waals surface area contributed by atoms with Gasteiger partial charge in [0.2, 0.25) is 9.84 Å². The minimum absolute atomic E-state index is 0.126. The van der Waals surface area contributed by atoms with Gasteiger partial charge in [-0.2, -0.15) is 0 Å². The minimum atomic E-state index is -3.73. The maximum atomic E-state index is 12.0. The number of sulfone groups is 1. The molecule has 1 aromatic rings. The summed E-state index contributed by atoms with van der Waals surface area (Å²) in [4.78, 5) is -1.66. The zero-order valence-electron chi connectivity index (χ0n) is 9.81. The Morgan fingerprint density at radius 1 is 1.31 bits per heavy atom. The molecule has 0 saturated heterocycles. The lowest BCUT2D eigenvalue weighted by atomic mass is 10.2.